The van der Waals surface area contributed by atoms with Gasteiger partial charge < -0.3 is 5.32 Å². The van der Waals surface area contributed by atoms with Gasteiger partial charge in [-0.2, -0.15) is 0 Å². The van der Waals surface area contributed by atoms with Crippen LogP contribution >= 0.6 is 0 Å². The van der Waals surface area contributed by atoms with E-state index in [1.165, 1.54) is 10.9 Å². The number of hydrogen-bond acceptors (Lipinski definition) is 4. The summed E-state index contributed by atoms with van der Waals surface area (Å²) in [6.07, 6.45) is 4.15. The van der Waals surface area contributed by atoms with Gasteiger partial charge in [0, 0.05) is 50.3 Å². The zero-order valence-electron chi connectivity index (χ0n) is 14.8. The van der Waals surface area contributed by atoms with Gasteiger partial charge in [-0.05, 0) is 31.4 Å². The van der Waals surface area contributed by atoms with Crippen molar-refractivity contribution in [1.82, 2.24) is 20.1 Å². The molecule has 5 nitrogen and oxygen atoms in total. The van der Waals surface area contributed by atoms with E-state index in [9.17, 15) is 4.79 Å². The second-order valence-electron chi connectivity index (χ2n) is 7.26. The highest BCUT2D eigenvalue weighted by atomic mass is 16.2. The quantitative estimate of drug-likeness (QED) is 0.906. The van der Waals surface area contributed by atoms with Gasteiger partial charge in [-0.1, -0.05) is 24.3 Å². The Bertz CT molecular complexity index is 745. The van der Waals surface area contributed by atoms with E-state index >= 15 is 0 Å². The van der Waals surface area contributed by atoms with Crippen LogP contribution in [0.25, 0.3) is 10.9 Å². The van der Waals surface area contributed by atoms with Crippen LogP contribution in [-0.4, -0.2) is 59.0 Å². The summed E-state index contributed by atoms with van der Waals surface area (Å²) < 4.78 is 0. The molecule has 2 aliphatic rings. The third-order valence-electron chi connectivity index (χ3n) is 5.37. The number of aromatic nitrogens is 1. The molecule has 1 unspecified atom stereocenters. The first-order chi connectivity index (χ1) is 12.2. The predicted octanol–water partition coefficient (Wildman–Crippen LogP) is 2.02. The Balaban J connectivity index is 1.34. The van der Waals surface area contributed by atoms with Crippen molar-refractivity contribution in [2.75, 3.05) is 26.2 Å². The fourth-order valence-electron chi connectivity index (χ4n) is 3.56. The van der Waals surface area contributed by atoms with Gasteiger partial charge in [-0.15, -0.1) is 0 Å². The number of nitrogens with zero attached hydrogens (tertiary/aromatic N) is 3. The topological polar surface area (TPSA) is 48.5 Å². The van der Waals surface area contributed by atoms with E-state index < -0.39 is 0 Å². The largest absolute Gasteiger partial charge is 0.352 e. The lowest BCUT2D eigenvalue weighted by Gasteiger charge is -2.37. The molecule has 0 bridgehead atoms. The van der Waals surface area contributed by atoms with Crippen LogP contribution in [0.4, 0.5) is 0 Å². The van der Waals surface area contributed by atoms with E-state index in [0.29, 0.717) is 6.04 Å². The zero-order chi connectivity index (χ0) is 17.2. The molecule has 1 saturated carbocycles. The van der Waals surface area contributed by atoms with Gasteiger partial charge in [-0.25, -0.2) is 0 Å². The molecule has 0 radical (unpaired) electrons. The molecule has 1 aliphatic heterocycles. The summed E-state index contributed by atoms with van der Waals surface area (Å²) in [6.45, 7) is 6.82. The predicted molar refractivity (Wildman–Crippen MR) is 99.2 cm³/mol. The van der Waals surface area contributed by atoms with E-state index in [-0.39, 0.29) is 11.9 Å². The van der Waals surface area contributed by atoms with E-state index in [4.69, 9.17) is 0 Å². The molecule has 1 aromatic heterocycles. The highest BCUT2D eigenvalue weighted by Crippen LogP contribution is 2.20. The minimum Gasteiger partial charge on any atom is -0.352 e. The van der Waals surface area contributed by atoms with Gasteiger partial charge >= 0.3 is 0 Å². The van der Waals surface area contributed by atoms with Crippen molar-refractivity contribution in [3.8, 4) is 0 Å². The lowest BCUT2D eigenvalue weighted by molar-refractivity contribution is -0.126. The molecule has 1 amide bonds. The summed E-state index contributed by atoms with van der Waals surface area (Å²) in [6, 6.07) is 10.9. The molecule has 1 saturated heterocycles. The zero-order valence-corrected chi connectivity index (χ0v) is 14.8. The highest BCUT2D eigenvalue weighted by molar-refractivity contribution is 5.82. The number of benzene rings is 1. The number of para-hydroxylation sites is 1. The smallest absolute Gasteiger partial charge is 0.237 e. The number of piperazine rings is 1. The van der Waals surface area contributed by atoms with Crippen LogP contribution in [0.5, 0.6) is 0 Å². The molecule has 25 heavy (non-hydrogen) atoms. The summed E-state index contributed by atoms with van der Waals surface area (Å²) in [7, 11) is 0. The molecular formula is C20H26N4O. The molecular weight excluding hydrogens is 312 g/mol. The first-order valence-electron chi connectivity index (χ1n) is 9.30. The van der Waals surface area contributed by atoms with Gasteiger partial charge in [0.25, 0.3) is 0 Å². The third kappa shape index (κ3) is 3.83. The number of amides is 1. The molecule has 1 aromatic carbocycles. The van der Waals surface area contributed by atoms with Crippen molar-refractivity contribution in [2.45, 2.75) is 38.4 Å². The second-order valence-corrected chi connectivity index (χ2v) is 7.26. The maximum absolute atomic E-state index is 12.2. The normalized spacial score (nSPS) is 20.5. The van der Waals surface area contributed by atoms with Crippen molar-refractivity contribution < 1.29 is 4.79 Å². The van der Waals surface area contributed by atoms with Gasteiger partial charge in [-0.3, -0.25) is 19.6 Å². The Morgan fingerprint density at radius 1 is 1.20 bits per heavy atom. The van der Waals surface area contributed by atoms with Crippen molar-refractivity contribution in [1.29, 1.82) is 0 Å². The van der Waals surface area contributed by atoms with Crippen molar-refractivity contribution >= 4 is 16.8 Å². The van der Waals surface area contributed by atoms with Crippen LogP contribution in [0.3, 0.4) is 0 Å². The number of carbonyl (C=O) groups excluding carboxylic acids is 1. The Labute approximate surface area is 149 Å². The van der Waals surface area contributed by atoms with Crippen LogP contribution in [0.15, 0.2) is 36.5 Å². The molecule has 1 N–H and O–H groups in total. The number of pyridine rings is 1. The maximum Gasteiger partial charge on any atom is 0.237 e. The van der Waals surface area contributed by atoms with Crippen LogP contribution in [0.1, 0.15) is 25.3 Å². The van der Waals surface area contributed by atoms with Crippen LogP contribution in [0, 0.1) is 0 Å². The Hall–Kier alpha value is -1.98. The van der Waals surface area contributed by atoms with Crippen LogP contribution < -0.4 is 5.32 Å². The number of fused-ring (bicyclic) bond motifs is 1. The number of rotatable bonds is 5. The first-order valence-corrected chi connectivity index (χ1v) is 9.30. The Kier molecular flexibility index (Phi) is 4.68. The number of hydrogen-bond donors (Lipinski definition) is 1. The maximum atomic E-state index is 12.2. The van der Waals surface area contributed by atoms with Crippen molar-refractivity contribution in [2.24, 2.45) is 0 Å². The molecule has 4 rings (SSSR count). The van der Waals surface area contributed by atoms with Crippen molar-refractivity contribution in [3.05, 3.63) is 42.1 Å². The van der Waals surface area contributed by atoms with E-state index in [1.54, 1.807) is 0 Å². The first kappa shape index (κ1) is 16.5. The molecule has 0 spiro atoms. The van der Waals surface area contributed by atoms with Gasteiger partial charge in [0.05, 0.1) is 11.6 Å². The molecule has 1 aliphatic carbocycles. The van der Waals surface area contributed by atoms with Crippen LogP contribution in [-0.2, 0) is 11.3 Å². The average molecular weight is 338 g/mol. The summed E-state index contributed by atoms with van der Waals surface area (Å²) in [4.78, 5) is 21.6. The molecule has 5 heteroatoms. The van der Waals surface area contributed by atoms with Crippen molar-refractivity contribution in [3.63, 3.8) is 0 Å². The SMILES string of the molecule is CC(C(=O)NC1CC1)N1CCN(Cc2cccc3cccnc23)CC1. The Morgan fingerprint density at radius 2 is 1.96 bits per heavy atom. The average Bonchev–Trinajstić information content (AvgIpc) is 3.46. The monoisotopic (exact) mass is 338 g/mol. The van der Waals surface area contributed by atoms with E-state index in [0.717, 1.165) is 51.1 Å². The molecule has 1 atom stereocenters. The molecule has 2 aromatic rings. The Morgan fingerprint density at radius 3 is 2.72 bits per heavy atom. The molecule has 2 heterocycles. The standard InChI is InChI=1S/C20H26N4O/c1-15(20(25)22-18-7-8-18)24-12-10-23(11-13-24)14-17-5-2-4-16-6-3-9-21-19(16)17/h2-6,9,15,18H,7-8,10-14H2,1H3,(H,22,25). The highest BCUT2D eigenvalue weighted by Gasteiger charge is 2.30. The van der Waals surface area contributed by atoms with Gasteiger partial charge in [0.15, 0.2) is 0 Å². The summed E-state index contributed by atoms with van der Waals surface area (Å²) in [5, 5.41) is 4.32. The van der Waals surface area contributed by atoms with E-state index in [1.807, 2.05) is 19.2 Å². The fourth-order valence-corrected chi connectivity index (χ4v) is 3.56. The fraction of sp³-hybridized carbons (Fsp3) is 0.500. The third-order valence-corrected chi connectivity index (χ3v) is 5.37. The van der Waals surface area contributed by atoms with Gasteiger partial charge in [0.1, 0.15) is 0 Å². The minimum atomic E-state index is -0.0260. The lowest BCUT2D eigenvalue weighted by atomic mass is 10.1. The van der Waals surface area contributed by atoms with Crippen LogP contribution in [0.2, 0.25) is 0 Å². The lowest BCUT2D eigenvalue weighted by Crippen LogP contribution is -2.53. The molecule has 2 fully saturated rings. The summed E-state index contributed by atoms with van der Waals surface area (Å²) in [5.41, 5.74) is 2.38. The van der Waals surface area contributed by atoms with Gasteiger partial charge in [0.2, 0.25) is 5.91 Å². The summed E-state index contributed by atoms with van der Waals surface area (Å²) >= 11 is 0. The second kappa shape index (κ2) is 7.10. The molecule has 132 valence electrons. The number of nitrogens with one attached hydrogen (secondary N) is 1. The number of carbonyl (C=O) groups is 1. The minimum absolute atomic E-state index is 0.0260. The van der Waals surface area contributed by atoms with E-state index in [2.05, 4.69) is 44.4 Å². The summed E-state index contributed by atoms with van der Waals surface area (Å²) in [5.74, 6) is 0.189.